The third-order valence-electron chi connectivity index (χ3n) is 5.40. The number of nitrogens with zero attached hydrogens (tertiary/aromatic N) is 4. The summed E-state index contributed by atoms with van der Waals surface area (Å²) in [6.45, 7) is 4.93. The van der Waals surface area contributed by atoms with Crippen LogP contribution in [0.1, 0.15) is 43.0 Å². The lowest BCUT2D eigenvalue weighted by Gasteiger charge is -2.21. The van der Waals surface area contributed by atoms with E-state index in [9.17, 15) is 19.4 Å². The predicted octanol–water partition coefficient (Wildman–Crippen LogP) is 1.67. The molecule has 3 rings (SSSR count). The van der Waals surface area contributed by atoms with Crippen LogP contribution in [0.4, 0.5) is 11.6 Å². The summed E-state index contributed by atoms with van der Waals surface area (Å²) >= 11 is 3.15. The number of aromatic nitrogens is 4. The molecule has 6 N–H and O–H groups in total. The molecule has 190 valence electrons. The van der Waals surface area contributed by atoms with E-state index in [4.69, 9.17) is 16.0 Å². The second kappa shape index (κ2) is 11.3. The van der Waals surface area contributed by atoms with Gasteiger partial charge in [-0.3, -0.25) is 4.79 Å². The number of rotatable bonds is 11. The molecule has 0 radical (unpaired) electrons. The van der Waals surface area contributed by atoms with Crippen molar-refractivity contribution in [1.29, 1.82) is 0 Å². The standard InChI is InChI=1S/C21H29BrN7O5P/c1-3-28-14-8-7-13(30)11-15(14)29(9-5-6-10-35(32,33)34-4-2)16(28)12-25-21(31)17-19(23)27-20(24)18(22)26-17/h7-8,11H,3-6,9-10,12H2,1-2H3,(H6-,23,24,25,27,30,31,32,33). The van der Waals surface area contributed by atoms with E-state index in [1.165, 1.54) is 0 Å². The van der Waals surface area contributed by atoms with Gasteiger partial charge < -0.3 is 35.9 Å². The Morgan fingerprint density at radius 2 is 2.03 bits per heavy atom. The Morgan fingerprint density at radius 1 is 1.29 bits per heavy atom. The number of aryl methyl sites for hydroxylation is 2. The van der Waals surface area contributed by atoms with Crippen LogP contribution in [-0.2, 0) is 28.7 Å². The van der Waals surface area contributed by atoms with Crippen molar-refractivity contribution in [3.05, 3.63) is 34.3 Å². The van der Waals surface area contributed by atoms with Crippen molar-refractivity contribution < 1.29 is 28.5 Å². The number of phenols is 1. The first-order valence-electron chi connectivity index (χ1n) is 11.1. The number of hydrogen-bond donors (Lipinski definition) is 4. The number of nitrogens with two attached hydrogens (primary N) is 2. The van der Waals surface area contributed by atoms with Crippen molar-refractivity contribution in [2.75, 3.05) is 24.2 Å². The summed E-state index contributed by atoms with van der Waals surface area (Å²) in [6, 6.07) is 5.04. The highest BCUT2D eigenvalue weighted by atomic mass is 79.9. The lowest BCUT2D eigenvalue weighted by atomic mass is 10.2. The van der Waals surface area contributed by atoms with Gasteiger partial charge in [-0.25, -0.2) is 19.1 Å². The number of nitrogen functional groups attached to an aromatic ring is 2. The van der Waals surface area contributed by atoms with Crippen LogP contribution in [0, 0.1) is 0 Å². The molecule has 2 heterocycles. The number of nitrogens with one attached hydrogen (secondary N) is 1. The molecule has 35 heavy (non-hydrogen) atoms. The van der Waals surface area contributed by atoms with E-state index in [2.05, 4.69) is 31.2 Å². The minimum Gasteiger partial charge on any atom is -0.778 e. The number of hydrogen-bond acceptors (Lipinski definition) is 9. The Labute approximate surface area is 211 Å². The molecule has 0 aliphatic carbocycles. The fourth-order valence-corrected chi connectivity index (χ4v) is 5.26. The maximum atomic E-state index is 12.8. The first-order chi connectivity index (χ1) is 16.6. The highest BCUT2D eigenvalue weighted by Gasteiger charge is 2.26. The number of amides is 1. The molecule has 0 spiro atoms. The van der Waals surface area contributed by atoms with E-state index in [0.29, 0.717) is 25.9 Å². The van der Waals surface area contributed by atoms with Crippen molar-refractivity contribution in [2.24, 2.45) is 0 Å². The van der Waals surface area contributed by atoms with E-state index in [0.717, 1.165) is 16.9 Å². The van der Waals surface area contributed by atoms with Crippen molar-refractivity contribution in [3.8, 4) is 5.75 Å². The minimum absolute atomic E-state index is 0.0587. The van der Waals surface area contributed by atoms with Gasteiger partial charge in [0.05, 0.1) is 19.7 Å². The van der Waals surface area contributed by atoms with Crippen LogP contribution in [0.3, 0.4) is 0 Å². The third kappa shape index (κ3) is 6.29. The van der Waals surface area contributed by atoms with Gasteiger partial charge in [0.15, 0.2) is 28.4 Å². The molecule has 0 aliphatic heterocycles. The van der Waals surface area contributed by atoms with E-state index in [1.54, 1.807) is 25.1 Å². The van der Waals surface area contributed by atoms with Gasteiger partial charge in [-0.15, -0.1) is 0 Å². The molecule has 0 saturated carbocycles. The van der Waals surface area contributed by atoms with Gasteiger partial charge in [0.25, 0.3) is 11.7 Å². The second-order valence-electron chi connectivity index (χ2n) is 7.76. The van der Waals surface area contributed by atoms with Gasteiger partial charge in [-0.05, 0) is 54.8 Å². The number of halogens is 1. The van der Waals surface area contributed by atoms with Crippen molar-refractivity contribution in [3.63, 3.8) is 0 Å². The fraction of sp³-hybridized carbons (Fsp3) is 0.429. The number of anilines is 2. The van der Waals surface area contributed by atoms with Crippen LogP contribution in [0.2, 0.25) is 0 Å². The maximum Gasteiger partial charge on any atom is 0.277 e. The molecule has 1 aromatic carbocycles. The smallest absolute Gasteiger partial charge is 0.277 e. The van der Waals surface area contributed by atoms with Crippen LogP contribution in [0.15, 0.2) is 22.8 Å². The molecule has 3 aromatic rings. The van der Waals surface area contributed by atoms with Gasteiger partial charge in [0, 0.05) is 12.2 Å². The molecule has 0 aliphatic rings. The number of aromatic hydroxyl groups is 1. The third-order valence-corrected chi connectivity index (χ3v) is 7.50. The topological polar surface area (TPSA) is 185 Å². The summed E-state index contributed by atoms with van der Waals surface area (Å²) in [5.41, 5.74) is 13.1. The van der Waals surface area contributed by atoms with E-state index in [1.807, 2.05) is 16.1 Å². The largest absolute Gasteiger partial charge is 0.778 e. The number of benzene rings is 1. The number of imidazole rings is 1. The van der Waals surface area contributed by atoms with Gasteiger partial charge in [-0.1, -0.05) is 0 Å². The summed E-state index contributed by atoms with van der Waals surface area (Å²) < 4.78 is 20.9. The van der Waals surface area contributed by atoms with Crippen molar-refractivity contribution >= 4 is 52.1 Å². The number of phenolic OH excluding ortho intramolecular Hbond substituents is 1. The first-order valence-corrected chi connectivity index (χ1v) is 13.6. The molecule has 12 nitrogen and oxygen atoms in total. The molecule has 1 atom stereocenters. The molecule has 2 aromatic heterocycles. The number of unbranched alkanes of at least 4 members (excludes halogenated alkanes) is 1. The van der Waals surface area contributed by atoms with Gasteiger partial charge in [0.1, 0.15) is 24.5 Å². The Morgan fingerprint density at radius 3 is 2.71 bits per heavy atom. The fourth-order valence-electron chi connectivity index (χ4n) is 3.86. The zero-order valence-corrected chi connectivity index (χ0v) is 22.0. The van der Waals surface area contributed by atoms with E-state index in [-0.39, 0.29) is 47.0 Å². The Balaban J connectivity index is 1.87. The molecule has 1 unspecified atom stereocenters. The molecule has 1 amide bonds. The highest BCUT2D eigenvalue weighted by molar-refractivity contribution is 9.10. The molecule has 0 bridgehead atoms. The average molecular weight is 570 g/mol. The zero-order valence-electron chi connectivity index (χ0n) is 19.5. The monoisotopic (exact) mass is 569 g/mol. The second-order valence-corrected chi connectivity index (χ2v) is 10.4. The van der Waals surface area contributed by atoms with Crippen LogP contribution in [0.5, 0.6) is 5.75 Å². The number of carbonyl (C=O) groups is 1. The summed E-state index contributed by atoms with van der Waals surface area (Å²) in [5.74, 6) is 0.327. The Kier molecular flexibility index (Phi) is 8.70. The predicted molar refractivity (Wildman–Crippen MR) is 133 cm³/mol. The summed E-state index contributed by atoms with van der Waals surface area (Å²) in [6.07, 6.45) is 0.893. The summed E-state index contributed by atoms with van der Waals surface area (Å²) in [4.78, 5) is 32.7. The normalized spacial score (nSPS) is 13.1. The molecule has 0 saturated heterocycles. The summed E-state index contributed by atoms with van der Waals surface area (Å²) in [5, 5.41) is 12.9. The summed E-state index contributed by atoms with van der Waals surface area (Å²) in [7, 11) is -3.85. The van der Waals surface area contributed by atoms with Gasteiger partial charge in [0.2, 0.25) is 0 Å². The van der Waals surface area contributed by atoms with Crippen molar-refractivity contribution in [1.82, 2.24) is 19.9 Å². The number of carbonyl (C=O) groups excluding carboxylic acids is 1. The van der Waals surface area contributed by atoms with Crippen LogP contribution in [0.25, 0.3) is 11.0 Å². The van der Waals surface area contributed by atoms with Gasteiger partial charge in [-0.2, -0.15) is 0 Å². The highest BCUT2D eigenvalue weighted by Crippen LogP contribution is 2.37. The van der Waals surface area contributed by atoms with E-state index < -0.39 is 13.5 Å². The first kappa shape index (κ1) is 26.9. The minimum atomic E-state index is -3.85. The van der Waals surface area contributed by atoms with Crippen LogP contribution >= 0.6 is 23.5 Å². The molecular formula is C21H29BrN7O5P. The van der Waals surface area contributed by atoms with Crippen LogP contribution in [-0.4, -0.2) is 38.3 Å². The zero-order chi connectivity index (χ0) is 25.8. The number of fused-ring (bicyclic) bond motifs is 1. The van der Waals surface area contributed by atoms with Crippen LogP contribution < -0.4 is 26.2 Å². The molecular weight excluding hydrogens is 541 g/mol. The average Bonchev–Trinajstić information content (AvgIpc) is 3.09. The van der Waals surface area contributed by atoms with Crippen molar-refractivity contribution in [2.45, 2.75) is 46.3 Å². The van der Waals surface area contributed by atoms with Gasteiger partial charge >= 0.3 is 0 Å². The molecule has 14 heteroatoms. The van der Waals surface area contributed by atoms with E-state index >= 15 is 0 Å². The maximum absolute atomic E-state index is 12.8. The Hall–Kier alpha value is -2.73. The lowest BCUT2D eigenvalue weighted by molar-refractivity contribution is -0.676. The quantitative estimate of drug-likeness (QED) is 0.151. The lowest BCUT2D eigenvalue weighted by Crippen LogP contribution is -2.40. The molecule has 0 fully saturated rings. The SMILES string of the molecule is CCOP(=O)([O-])CCCCn1c(CNC(=O)c2nc(Br)c(N)nc2N)[n+](CC)c2ccc(O)cc21. The Bertz CT molecular complexity index is 1280.